The maximum Gasteiger partial charge on any atom is 0.111 e. The van der Waals surface area contributed by atoms with Crippen LogP contribution in [0.5, 0.6) is 0 Å². The zero-order valence-corrected chi connectivity index (χ0v) is 7.96. The fraction of sp³-hybridized carbons (Fsp3) is 1.00. The minimum atomic E-state index is -0.811. The number of alkyl halides is 1. The summed E-state index contributed by atoms with van der Waals surface area (Å²) in [5, 5.41) is 0. The fourth-order valence-corrected chi connectivity index (χ4v) is 2.91. The van der Waals surface area contributed by atoms with Crippen LogP contribution >= 0.6 is 11.8 Å². The molecule has 2 bridgehead atoms. The molecular formula is C9H15ClFN. The Morgan fingerprint density at radius 1 is 1.08 bits per heavy atom. The highest BCUT2D eigenvalue weighted by Gasteiger charge is 2.48. The Kier molecular flexibility index (Phi) is 2.08. The molecule has 1 nitrogen and oxygen atoms in total. The van der Waals surface area contributed by atoms with Crippen molar-refractivity contribution < 1.29 is 4.39 Å². The molecule has 3 aliphatic rings. The molecule has 0 atom stereocenters. The number of halogens is 2. The first-order valence-corrected chi connectivity index (χ1v) is 5.08. The van der Waals surface area contributed by atoms with Gasteiger partial charge in [0.25, 0.3) is 0 Å². The largest absolute Gasteiger partial charge is 0.244 e. The lowest BCUT2D eigenvalue weighted by molar-refractivity contribution is -0.0311. The lowest BCUT2D eigenvalue weighted by Gasteiger charge is -2.49. The van der Waals surface area contributed by atoms with Crippen LogP contribution in [0.3, 0.4) is 0 Å². The number of nitrogens with one attached hydrogen (secondary N) is 1. The van der Waals surface area contributed by atoms with Crippen molar-refractivity contribution in [2.24, 2.45) is 5.41 Å². The first kappa shape index (κ1) is 8.76. The third kappa shape index (κ3) is 1.35. The second-order valence-corrected chi connectivity index (χ2v) is 4.73. The summed E-state index contributed by atoms with van der Waals surface area (Å²) in [4.78, 5) is 2.72. The van der Waals surface area contributed by atoms with Gasteiger partial charge in [0.1, 0.15) is 5.67 Å². The van der Waals surface area contributed by atoms with Crippen molar-refractivity contribution >= 4 is 11.8 Å². The van der Waals surface area contributed by atoms with Gasteiger partial charge in [-0.05, 0) is 55.7 Å². The topological polar surface area (TPSA) is 12.0 Å². The maximum absolute atomic E-state index is 13.7. The van der Waals surface area contributed by atoms with Gasteiger partial charge in [0, 0.05) is 6.54 Å². The van der Waals surface area contributed by atoms with Crippen LogP contribution < -0.4 is 4.84 Å². The molecule has 3 aliphatic carbocycles. The van der Waals surface area contributed by atoms with Crippen molar-refractivity contribution in [3.8, 4) is 0 Å². The van der Waals surface area contributed by atoms with Crippen molar-refractivity contribution in [1.82, 2.24) is 4.84 Å². The molecule has 70 valence electrons. The van der Waals surface area contributed by atoms with E-state index in [1.807, 2.05) is 0 Å². The highest BCUT2D eigenvalue weighted by Crippen LogP contribution is 2.53. The smallest absolute Gasteiger partial charge is 0.111 e. The lowest BCUT2D eigenvalue weighted by atomic mass is 9.59. The summed E-state index contributed by atoms with van der Waals surface area (Å²) in [6, 6.07) is 0. The van der Waals surface area contributed by atoms with E-state index >= 15 is 0 Å². The standard InChI is InChI=1S/C9H15ClFN/c10-12-7-8-1-4-9(11,5-2-8)6-3-8/h12H,1-7H2. The van der Waals surface area contributed by atoms with Gasteiger partial charge >= 0.3 is 0 Å². The highest BCUT2D eigenvalue weighted by atomic mass is 35.5. The number of hydrogen-bond donors (Lipinski definition) is 1. The first-order valence-electron chi connectivity index (χ1n) is 4.71. The van der Waals surface area contributed by atoms with Crippen LogP contribution in [0.2, 0.25) is 0 Å². The zero-order valence-electron chi connectivity index (χ0n) is 7.21. The molecule has 0 heterocycles. The third-order valence-electron chi connectivity index (χ3n) is 3.75. The van der Waals surface area contributed by atoms with E-state index in [9.17, 15) is 4.39 Å². The summed E-state index contributed by atoms with van der Waals surface area (Å²) in [5.41, 5.74) is -0.482. The molecule has 0 radical (unpaired) electrons. The highest BCUT2D eigenvalue weighted by molar-refractivity contribution is 6.13. The molecule has 0 aromatic heterocycles. The van der Waals surface area contributed by atoms with Gasteiger partial charge < -0.3 is 0 Å². The van der Waals surface area contributed by atoms with E-state index in [4.69, 9.17) is 11.8 Å². The van der Waals surface area contributed by atoms with Crippen LogP contribution in [0.4, 0.5) is 4.39 Å². The molecular weight excluding hydrogens is 177 g/mol. The average molecular weight is 192 g/mol. The molecule has 0 aromatic carbocycles. The van der Waals surface area contributed by atoms with E-state index in [1.165, 1.54) is 0 Å². The van der Waals surface area contributed by atoms with Gasteiger partial charge in [-0.2, -0.15) is 0 Å². The quantitative estimate of drug-likeness (QED) is 0.662. The normalized spacial score (nSPS) is 46.5. The van der Waals surface area contributed by atoms with Crippen molar-refractivity contribution in [3.05, 3.63) is 0 Å². The van der Waals surface area contributed by atoms with Crippen LogP contribution in [0.25, 0.3) is 0 Å². The maximum atomic E-state index is 13.7. The van der Waals surface area contributed by atoms with Crippen LogP contribution in [-0.2, 0) is 0 Å². The van der Waals surface area contributed by atoms with Gasteiger partial charge in [0.2, 0.25) is 0 Å². The van der Waals surface area contributed by atoms with Crippen LogP contribution in [-0.4, -0.2) is 12.2 Å². The van der Waals surface area contributed by atoms with Gasteiger partial charge in [-0.3, -0.25) is 0 Å². The average Bonchev–Trinajstić information content (AvgIpc) is 2.08. The number of fused-ring (bicyclic) bond motifs is 3. The van der Waals surface area contributed by atoms with Crippen molar-refractivity contribution in [3.63, 3.8) is 0 Å². The fourth-order valence-electron chi connectivity index (χ4n) is 2.62. The van der Waals surface area contributed by atoms with Gasteiger partial charge in [-0.15, -0.1) is 0 Å². The van der Waals surface area contributed by atoms with Crippen LogP contribution in [0, 0.1) is 5.41 Å². The third-order valence-corrected chi connectivity index (χ3v) is 3.89. The summed E-state index contributed by atoms with van der Waals surface area (Å²) >= 11 is 5.51. The van der Waals surface area contributed by atoms with Crippen LogP contribution in [0.15, 0.2) is 0 Å². The second kappa shape index (κ2) is 2.85. The second-order valence-electron chi connectivity index (χ2n) is 4.46. The molecule has 0 spiro atoms. The summed E-state index contributed by atoms with van der Waals surface area (Å²) in [7, 11) is 0. The molecule has 12 heavy (non-hydrogen) atoms. The summed E-state index contributed by atoms with van der Waals surface area (Å²) < 4.78 is 13.7. The Morgan fingerprint density at radius 3 is 2.00 bits per heavy atom. The summed E-state index contributed by atoms with van der Waals surface area (Å²) in [6.07, 6.45) is 5.32. The minimum absolute atomic E-state index is 0.329. The van der Waals surface area contributed by atoms with Gasteiger partial charge in [0.15, 0.2) is 0 Å². The van der Waals surface area contributed by atoms with Gasteiger partial charge in [0.05, 0.1) is 0 Å². The minimum Gasteiger partial charge on any atom is -0.244 e. The summed E-state index contributed by atoms with van der Waals surface area (Å²) in [5.74, 6) is 0. The predicted molar refractivity (Wildman–Crippen MR) is 47.8 cm³/mol. The molecule has 0 unspecified atom stereocenters. The van der Waals surface area contributed by atoms with Gasteiger partial charge in [-0.1, -0.05) is 0 Å². The Bertz CT molecular complexity index is 159. The lowest BCUT2D eigenvalue weighted by Crippen LogP contribution is -2.46. The molecule has 3 rings (SSSR count). The van der Waals surface area contributed by atoms with E-state index in [2.05, 4.69) is 4.84 Å². The van der Waals surface area contributed by atoms with E-state index < -0.39 is 5.67 Å². The Morgan fingerprint density at radius 2 is 1.58 bits per heavy atom. The molecule has 3 heteroatoms. The SMILES string of the molecule is FC12CCC(CNCl)(CC1)CC2. The molecule has 0 saturated heterocycles. The van der Waals surface area contributed by atoms with E-state index in [1.54, 1.807) is 0 Å². The van der Waals surface area contributed by atoms with Gasteiger partial charge in [-0.25, -0.2) is 9.23 Å². The first-order chi connectivity index (χ1) is 5.68. The predicted octanol–water partition coefficient (Wildman–Crippen LogP) is 2.79. The molecule has 0 aromatic rings. The van der Waals surface area contributed by atoms with E-state index in [0.29, 0.717) is 5.41 Å². The summed E-state index contributed by atoms with van der Waals surface area (Å²) in [6.45, 7) is 0.852. The molecule has 3 fully saturated rings. The zero-order chi connectivity index (χ0) is 8.66. The number of hydrogen-bond acceptors (Lipinski definition) is 1. The number of rotatable bonds is 2. The molecule has 0 aliphatic heterocycles. The van der Waals surface area contributed by atoms with E-state index in [0.717, 1.165) is 45.1 Å². The Labute approximate surface area is 77.8 Å². The molecule has 1 N–H and O–H groups in total. The Hall–Kier alpha value is 0.180. The van der Waals surface area contributed by atoms with Crippen molar-refractivity contribution in [1.29, 1.82) is 0 Å². The molecule has 3 saturated carbocycles. The molecule has 0 amide bonds. The van der Waals surface area contributed by atoms with Crippen molar-refractivity contribution in [2.75, 3.05) is 6.54 Å². The van der Waals surface area contributed by atoms with E-state index in [-0.39, 0.29) is 0 Å². The van der Waals surface area contributed by atoms with Crippen LogP contribution in [0.1, 0.15) is 38.5 Å². The monoisotopic (exact) mass is 191 g/mol. The van der Waals surface area contributed by atoms with Crippen molar-refractivity contribution in [2.45, 2.75) is 44.2 Å². The Balaban J connectivity index is 2.04.